The number of hydrogen-bond donors (Lipinski definition) is 2. The van der Waals surface area contributed by atoms with Gasteiger partial charge in [-0.2, -0.15) is 0 Å². The number of phenolic OH excluding ortho intramolecular Hbond substituents is 1. The van der Waals surface area contributed by atoms with Gasteiger partial charge < -0.3 is 19.5 Å². The lowest BCUT2D eigenvalue weighted by Gasteiger charge is -2.42. The number of allylic oxidation sites excluding steroid dienone is 1. The van der Waals surface area contributed by atoms with Crippen LogP contribution in [0.2, 0.25) is 0 Å². The fourth-order valence-corrected chi connectivity index (χ4v) is 6.55. The Bertz CT molecular complexity index is 1120. The zero-order valence-corrected chi connectivity index (χ0v) is 20.3. The Balaban J connectivity index is 1.52. The molecule has 2 aromatic rings. The molecule has 2 N–H and O–H groups in total. The number of fused-ring (bicyclic) bond motifs is 3. The van der Waals surface area contributed by atoms with Gasteiger partial charge in [0.2, 0.25) is 11.8 Å². The summed E-state index contributed by atoms with van der Waals surface area (Å²) in [4.78, 5) is 29.2. The van der Waals surface area contributed by atoms with E-state index in [1.54, 1.807) is 25.3 Å². The molecule has 1 aliphatic carbocycles. The van der Waals surface area contributed by atoms with Crippen molar-refractivity contribution < 1.29 is 29.1 Å². The second kappa shape index (κ2) is 9.00. The average Bonchev–Trinajstić information content (AvgIpc) is 3.38. The van der Waals surface area contributed by atoms with Crippen molar-refractivity contribution in [3.8, 4) is 5.75 Å². The molecule has 2 saturated heterocycles. The maximum atomic E-state index is 13.5. The molecule has 3 aliphatic rings. The summed E-state index contributed by atoms with van der Waals surface area (Å²) in [5.41, 5.74) is 1.99. The SMILES string of the molecule is COCC1=C2B(O)O[C@H](c3cc(Br)ccc3O)C[C@H]2[C@H]2C(=O)N(Cc3cccs3)C(=O)[C@H]2C1. The fourth-order valence-electron chi connectivity index (χ4n) is 5.48. The Hall–Kier alpha value is -1.98. The van der Waals surface area contributed by atoms with Gasteiger partial charge in [0.05, 0.1) is 31.1 Å². The Morgan fingerprint density at radius 2 is 2.09 bits per heavy atom. The highest BCUT2D eigenvalue weighted by atomic mass is 79.9. The van der Waals surface area contributed by atoms with E-state index in [0.717, 1.165) is 14.9 Å². The van der Waals surface area contributed by atoms with E-state index in [1.807, 2.05) is 17.5 Å². The molecule has 2 fully saturated rings. The lowest BCUT2D eigenvalue weighted by atomic mass is 9.55. The topological polar surface area (TPSA) is 96.3 Å². The maximum absolute atomic E-state index is 13.5. The Labute approximate surface area is 204 Å². The molecule has 0 saturated carbocycles. The number of thiophene rings is 1. The van der Waals surface area contributed by atoms with Crippen LogP contribution in [-0.2, 0) is 25.5 Å². The number of carbonyl (C=O) groups excluding carboxylic acids is 2. The minimum absolute atomic E-state index is 0.0560. The summed E-state index contributed by atoms with van der Waals surface area (Å²) in [5, 5.41) is 23.4. The number of halogens is 1. The molecular weight excluding hydrogens is 509 g/mol. The van der Waals surface area contributed by atoms with Gasteiger partial charge in [0.1, 0.15) is 5.75 Å². The number of likely N-dealkylation sites (tertiary alicyclic amines) is 1. The van der Waals surface area contributed by atoms with Crippen molar-refractivity contribution in [3.05, 3.63) is 61.7 Å². The molecule has 33 heavy (non-hydrogen) atoms. The molecule has 5 rings (SSSR count). The number of aromatic hydroxyl groups is 1. The summed E-state index contributed by atoms with van der Waals surface area (Å²) in [6.45, 7) is 0.521. The number of rotatable bonds is 5. The standard InChI is InChI=1S/C23H23BBrNO6S/c1-31-11-12-7-17-20(23(29)26(22(17)28)10-14-3-2-6-33-14)16-9-19(32-24(30)21(12)16)15-8-13(25)4-5-18(15)27/h2-6,8,16-17,19-20,27,30H,7,9-11H2,1H3/t16-,17-,19-,20+/m0/s1. The minimum atomic E-state index is -1.24. The van der Waals surface area contributed by atoms with Crippen LogP contribution in [0, 0.1) is 17.8 Å². The summed E-state index contributed by atoms with van der Waals surface area (Å²) in [7, 11) is 0.324. The minimum Gasteiger partial charge on any atom is -0.508 e. The Morgan fingerprint density at radius 1 is 1.27 bits per heavy atom. The van der Waals surface area contributed by atoms with Crippen molar-refractivity contribution in [3.63, 3.8) is 0 Å². The molecular formula is C23H23BBrNO6S. The first-order valence-electron chi connectivity index (χ1n) is 10.8. The second-order valence-electron chi connectivity index (χ2n) is 8.69. The molecule has 3 heterocycles. The zero-order valence-electron chi connectivity index (χ0n) is 17.9. The normalized spacial score (nSPS) is 27.2. The highest BCUT2D eigenvalue weighted by Gasteiger charge is 2.57. The predicted octanol–water partition coefficient (Wildman–Crippen LogP) is 3.46. The van der Waals surface area contributed by atoms with Crippen molar-refractivity contribution in [1.29, 1.82) is 0 Å². The van der Waals surface area contributed by atoms with Gasteiger partial charge in [-0.1, -0.05) is 22.0 Å². The van der Waals surface area contributed by atoms with Gasteiger partial charge >= 0.3 is 7.12 Å². The van der Waals surface area contributed by atoms with Crippen LogP contribution in [0.15, 0.2) is 51.2 Å². The molecule has 7 nitrogen and oxygen atoms in total. The number of carbonyl (C=O) groups is 2. The van der Waals surface area contributed by atoms with Gasteiger partial charge in [-0.3, -0.25) is 14.5 Å². The van der Waals surface area contributed by atoms with E-state index in [-0.39, 0.29) is 36.6 Å². The molecule has 4 atom stereocenters. The van der Waals surface area contributed by atoms with Gasteiger partial charge in [-0.25, -0.2) is 0 Å². The van der Waals surface area contributed by atoms with Crippen LogP contribution < -0.4 is 0 Å². The maximum Gasteiger partial charge on any atom is 0.487 e. The molecule has 0 bridgehead atoms. The van der Waals surface area contributed by atoms with Crippen molar-refractivity contribution >= 4 is 46.2 Å². The summed E-state index contributed by atoms with van der Waals surface area (Å²) < 4.78 is 12.1. The largest absolute Gasteiger partial charge is 0.508 e. The number of ether oxygens (including phenoxy) is 1. The van der Waals surface area contributed by atoms with Crippen LogP contribution in [0.4, 0.5) is 0 Å². The fraction of sp³-hybridized carbons (Fsp3) is 0.391. The van der Waals surface area contributed by atoms with E-state index >= 15 is 0 Å². The number of methoxy groups -OCH3 is 1. The molecule has 10 heteroatoms. The van der Waals surface area contributed by atoms with Gasteiger partial charge in [0.25, 0.3) is 0 Å². The third-order valence-corrected chi connectivity index (χ3v) is 8.21. The predicted molar refractivity (Wildman–Crippen MR) is 126 cm³/mol. The molecule has 2 amide bonds. The average molecular weight is 532 g/mol. The lowest BCUT2D eigenvalue weighted by Crippen LogP contribution is -2.45. The molecule has 1 aromatic carbocycles. The molecule has 0 unspecified atom stereocenters. The summed E-state index contributed by atoms with van der Waals surface area (Å²) in [6.07, 6.45) is 0.114. The first kappa shape index (κ1) is 22.8. The van der Waals surface area contributed by atoms with Crippen LogP contribution in [0.5, 0.6) is 5.75 Å². The van der Waals surface area contributed by atoms with Crippen LogP contribution in [-0.4, -0.2) is 47.7 Å². The number of amides is 2. The van der Waals surface area contributed by atoms with E-state index in [2.05, 4.69) is 15.9 Å². The van der Waals surface area contributed by atoms with Gasteiger partial charge in [0, 0.05) is 22.0 Å². The molecule has 172 valence electrons. The summed E-state index contributed by atoms with van der Waals surface area (Å²) >= 11 is 4.93. The quantitative estimate of drug-likeness (QED) is 0.453. The number of imide groups is 1. The Morgan fingerprint density at radius 3 is 2.82 bits per heavy atom. The van der Waals surface area contributed by atoms with Gasteiger partial charge in [-0.15, -0.1) is 11.3 Å². The molecule has 2 aliphatic heterocycles. The third kappa shape index (κ3) is 3.97. The lowest BCUT2D eigenvalue weighted by molar-refractivity contribution is -0.140. The van der Waals surface area contributed by atoms with Gasteiger partial charge in [0.15, 0.2) is 0 Å². The molecule has 0 spiro atoms. The third-order valence-electron chi connectivity index (χ3n) is 6.85. The van der Waals surface area contributed by atoms with Crippen molar-refractivity contribution in [1.82, 2.24) is 4.90 Å². The zero-order chi connectivity index (χ0) is 23.3. The first-order chi connectivity index (χ1) is 15.9. The van der Waals surface area contributed by atoms with Crippen LogP contribution >= 0.6 is 27.3 Å². The molecule has 0 radical (unpaired) electrons. The van der Waals surface area contributed by atoms with Gasteiger partial charge in [-0.05, 0) is 59.5 Å². The number of benzene rings is 1. The van der Waals surface area contributed by atoms with Crippen molar-refractivity contribution in [2.45, 2.75) is 25.5 Å². The first-order valence-corrected chi connectivity index (χ1v) is 12.5. The van der Waals surface area contributed by atoms with E-state index in [1.165, 1.54) is 16.2 Å². The summed E-state index contributed by atoms with van der Waals surface area (Å²) in [6, 6.07) is 8.85. The van der Waals surface area contributed by atoms with Crippen molar-refractivity contribution in [2.75, 3.05) is 13.7 Å². The highest BCUT2D eigenvalue weighted by Crippen LogP contribution is 2.52. The van der Waals surface area contributed by atoms with Crippen molar-refractivity contribution in [2.24, 2.45) is 17.8 Å². The van der Waals surface area contributed by atoms with E-state index < -0.39 is 25.1 Å². The highest BCUT2D eigenvalue weighted by molar-refractivity contribution is 9.10. The number of nitrogens with zero attached hydrogens (tertiary/aromatic N) is 1. The van der Waals surface area contributed by atoms with Crippen LogP contribution in [0.25, 0.3) is 0 Å². The van der Waals surface area contributed by atoms with E-state index in [0.29, 0.717) is 23.9 Å². The smallest absolute Gasteiger partial charge is 0.487 e. The second-order valence-corrected chi connectivity index (χ2v) is 10.6. The number of phenols is 1. The summed E-state index contributed by atoms with van der Waals surface area (Å²) in [5.74, 6) is -1.76. The monoisotopic (exact) mass is 531 g/mol. The van der Waals surface area contributed by atoms with Crippen LogP contribution in [0.1, 0.15) is 29.4 Å². The van der Waals surface area contributed by atoms with E-state index in [9.17, 15) is 19.7 Å². The van der Waals surface area contributed by atoms with Crippen LogP contribution in [0.3, 0.4) is 0 Å². The van der Waals surface area contributed by atoms with E-state index in [4.69, 9.17) is 9.39 Å². The number of hydrogen-bond acceptors (Lipinski definition) is 7. The Kier molecular flexibility index (Phi) is 6.22. The molecule has 1 aromatic heterocycles.